The number of aliphatic hydroxyl groups is 1. The summed E-state index contributed by atoms with van der Waals surface area (Å²) in [6.45, 7) is 4.58. The number of hydrogen-bond donors (Lipinski definition) is 2. The third-order valence-electron chi connectivity index (χ3n) is 6.09. The molecule has 3 unspecified atom stereocenters. The molecule has 1 aromatic carbocycles. The topological polar surface area (TPSA) is 60.3 Å². The minimum Gasteiger partial charge on any atom is -0.494 e. The Morgan fingerprint density at radius 1 is 1.37 bits per heavy atom. The Morgan fingerprint density at radius 3 is 2.97 bits per heavy atom. The maximum Gasteiger partial charge on any atom is 0.156 e. The van der Waals surface area contributed by atoms with Crippen molar-refractivity contribution in [2.45, 2.75) is 50.7 Å². The molecule has 0 radical (unpaired) electrons. The van der Waals surface area contributed by atoms with Gasteiger partial charge in [-0.2, -0.15) is 0 Å². The molecule has 0 aromatic heterocycles. The summed E-state index contributed by atoms with van der Waals surface area (Å²) in [5.74, 6) is 0.735. The van der Waals surface area contributed by atoms with Crippen LogP contribution in [0.15, 0.2) is 47.1 Å². The van der Waals surface area contributed by atoms with E-state index in [1.807, 2.05) is 37.4 Å². The molecule has 2 N–H and O–H groups in total. The molecule has 1 fully saturated rings. The number of ether oxygens (including phenoxy) is 1. The number of fused-ring (bicyclic) bond motifs is 1. The van der Waals surface area contributed by atoms with Gasteiger partial charge in [-0.1, -0.05) is 19.4 Å². The summed E-state index contributed by atoms with van der Waals surface area (Å²) in [5.41, 5.74) is 2.23. The van der Waals surface area contributed by atoms with Crippen LogP contribution in [0.4, 0.5) is 10.1 Å². The maximum absolute atomic E-state index is 15.1. The molecule has 162 valence electrons. The number of likely N-dealkylation sites (tertiary alicyclic amines) is 1. The maximum atomic E-state index is 15.1. The molecule has 2 aliphatic heterocycles. The highest BCUT2D eigenvalue weighted by Gasteiger charge is 2.34. The minimum absolute atomic E-state index is 0.443. The summed E-state index contributed by atoms with van der Waals surface area (Å²) in [6.07, 6.45) is 7.92. The fourth-order valence-corrected chi connectivity index (χ4v) is 4.20. The number of nitrogens with zero attached hydrogens (tertiary/aromatic N) is 3. The number of aliphatic imine (C=N–C) groups is 1. The number of unbranched alkanes of at least 4 members (excludes halogenated alkanes) is 1. The normalized spacial score (nSPS) is 27.9. The van der Waals surface area contributed by atoms with Gasteiger partial charge >= 0.3 is 0 Å². The van der Waals surface area contributed by atoms with E-state index >= 15 is 4.39 Å². The molecular weight excluding hydrogens is 383 g/mol. The van der Waals surface area contributed by atoms with E-state index in [1.165, 1.54) is 6.34 Å². The summed E-state index contributed by atoms with van der Waals surface area (Å²) in [7, 11) is 1.96. The van der Waals surface area contributed by atoms with E-state index in [4.69, 9.17) is 4.74 Å². The van der Waals surface area contributed by atoms with E-state index in [-0.39, 0.29) is 0 Å². The zero-order chi connectivity index (χ0) is 21.1. The average Bonchev–Trinajstić information content (AvgIpc) is 3.24. The van der Waals surface area contributed by atoms with Gasteiger partial charge in [0.05, 0.1) is 24.7 Å². The Labute approximate surface area is 177 Å². The van der Waals surface area contributed by atoms with Crippen molar-refractivity contribution in [3.05, 3.63) is 47.7 Å². The second-order valence-electron chi connectivity index (χ2n) is 8.09. The lowest BCUT2D eigenvalue weighted by Crippen LogP contribution is -2.44. The van der Waals surface area contributed by atoms with E-state index in [0.717, 1.165) is 43.8 Å². The predicted octanol–water partition coefficient (Wildman–Crippen LogP) is 3.29. The molecule has 0 spiro atoms. The first-order valence-corrected chi connectivity index (χ1v) is 10.8. The van der Waals surface area contributed by atoms with Gasteiger partial charge in [-0.15, -0.1) is 0 Å². The van der Waals surface area contributed by atoms with Crippen molar-refractivity contribution in [3.63, 3.8) is 0 Å². The van der Waals surface area contributed by atoms with E-state index < -0.39 is 18.4 Å². The van der Waals surface area contributed by atoms with Crippen molar-refractivity contribution >= 4 is 12.0 Å². The van der Waals surface area contributed by atoms with Crippen LogP contribution in [0.2, 0.25) is 0 Å². The number of benzene rings is 1. The number of likely N-dealkylation sites (N-methyl/N-ethyl adjacent to an activating group) is 1. The lowest BCUT2D eigenvalue weighted by atomic mass is 10.0. The number of nitrogens with one attached hydrogen (secondary N) is 1. The number of hydrogen-bond acceptors (Lipinski definition) is 6. The Kier molecular flexibility index (Phi) is 6.39. The van der Waals surface area contributed by atoms with Gasteiger partial charge in [0.25, 0.3) is 0 Å². The summed E-state index contributed by atoms with van der Waals surface area (Å²) >= 11 is 0. The minimum atomic E-state index is -1.22. The number of alkyl halides is 1. The van der Waals surface area contributed by atoms with Crippen molar-refractivity contribution < 1.29 is 14.2 Å². The number of halogens is 1. The van der Waals surface area contributed by atoms with Gasteiger partial charge in [0.15, 0.2) is 6.23 Å². The van der Waals surface area contributed by atoms with Gasteiger partial charge in [0.1, 0.15) is 11.9 Å². The zero-order valence-electron chi connectivity index (χ0n) is 17.7. The summed E-state index contributed by atoms with van der Waals surface area (Å²) in [4.78, 5) is 8.24. The third kappa shape index (κ3) is 4.23. The van der Waals surface area contributed by atoms with Gasteiger partial charge in [0.2, 0.25) is 0 Å². The summed E-state index contributed by atoms with van der Waals surface area (Å²) < 4.78 is 20.8. The first-order chi connectivity index (χ1) is 14.6. The molecule has 2 heterocycles. The smallest absolute Gasteiger partial charge is 0.156 e. The molecule has 1 aromatic rings. The predicted molar refractivity (Wildman–Crippen MR) is 117 cm³/mol. The van der Waals surface area contributed by atoms with Crippen molar-refractivity contribution in [2.75, 3.05) is 26.7 Å². The fraction of sp³-hybridized carbons (Fsp3) is 0.522. The molecule has 4 atom stereocenters. The highest BCUT2D eigenvalue weighted by atomic mass is 19.1. The van der Waals surface area contributed by atoms with Gasteiger partial charge in [-0.3, -0.25) is 0 Å². The van der Waals surface area contributed by atoms with Gasteiger partial charge in [-0.25, -0.2) is 9.38 Å². The molecule has 6 nitrogen and oxygen atoms in total. The summed E-state index contributed by atoms with van der Waals surface area (Å²) in [6, 6.07) is 5.33. The molecule has 30 heavy (non-hydrogen) atoms. The molecule has 0 saturated carbocycles. The molecule has 3 aliphatic rings. The van der Waals surface area contributed by atoms with E-state index in [2.05, 4.69) is 22.1 Å². The molecule has 0 amide bonds. The van der Waals surface area contributed by atoms with Gasteiger partial charge in [0, 0.05) is 36.5 Å². The van der Waals surface area contributed by atoms with Crippen molar-refractivity contribution in [2.24, 2.45) is 4.99 Å². The molecule has 7 heteroatoms. The quantitative estimate of drug-likeness (QED) is 0.671. The highest BCUT2D eigenvalue weighted by Crippen LogP contribution is 2.37. The van der Waals surface area contributed by atoms with Crippen LogP contribution in [0, 0.1) is 0 Å². The first kappa shape index (κ1) is 20.9. The third-order valence-corrected chi connectivity index (χ3v) is 6.09. The van der Waals surface area contributed by atoms with Gasteiger partial charge in [-0.05, 0) is 44.2 Å². The fourth-order valence-electron chi connectivity index (χ4n) is 4.20. The van der Waals surface area contributed by atoms with Crippen LogP contribution in [-0.2, 0) is 0 Å². The summed E-state index contributed by atoms with van der Waals surface area (Å²) in [5, 5.41) is 14.2. The molecule has 1 saturated heterocycles. The van der Waals surface area contributed by atoms with Crippen LogP contribution < -0.4 is 10.1 Å². The van der Waals surface area contributed by atoms with Crippen molar-refractivity contribution in [1.82, 2.24) is 15.1 Å². The number of aliphatic hydroxyl groups excluding tert-OH is 1. The average molecular weight is 415 g/mol. The number of rotatable bonds is 7. The second-order valence-corrected chi connectivity index (χ2v) is 8.09. The van der Waals surface area contributed by atoms with Crippen molar-refractivity contribution in [1.29, 1.82) is 0 Å². The highest BCUT2D eigenvalue weighted by molar-refractivity contribution is 5.69. The lowest BCUT2D eigenvalue weighted by molar-refractivity contribution is 0.0239. The van der Waals surface area contributed by atoms with Crippen LogP contribution in [0.25, 0.3) is 0 Å². The zero-order valence-corrected chi connectivity index (χ0v) is 17.7. The Hall–Kier alpha value is -2.38. The van der Waals surface area contributed by atoms with Gasteiger partial charge < -0.3 is 25.0 Å². The Bertz CT molecular complexity index is 840. The Morgan fingerprint density at radius 2 is 2.23 bits per heavy atom. The second kappa shape index (κ2) is 9.18. The molecular formula is C23H31FN4O2. The Balaban J connectivity index is 1.44. The lowest BCUT2D eigenvalue weighted by Gasteiger charge is -2.38. The van der Waals surface area contributed by atoms with Crippen LogP contribution in [0.3, 0.4) is 0 Å². The monoisotopic (exact) mass is 414 g/mol. The van der Waals surface area contributed by atoms with Crippen LogP contribution in [0.5, 0.6) is 5.75 Å². The largest absolute Gasteiger partial charge is 0.494 e. The first-order valence-electron chi connectivity index (χ1n) is 10.8. The van der Waals surface area contributed by atoms with Crippen molar-refractivity contribution in [3.8, 4) is 5.75 Å². The molecule has 1 aliphatic carbocycles. The van der Waals surface area contributed by atoms with Crippen LogP contribution in [-0.4, -0.2) is 66.2 Å². The SMILES string of the molecule is CCCCOc1ccc2c(c1)N=CN(C1C=CC(N3CC[C@@H](NC)C3)=CC1F)C2O. The van der Waals surface area contributed by atoms with Crippen LogP contribution in [0.1, 0.15) is 38.0 Å². The van der Waals surface area contributed by atoms with E-state index in [0.29, 0.717) is 23.9 Å². The molecule has 4 rings (SSSR count). The standard InChI is InChI=1S/C23H31FN4O2/c1-3-4-11-30-18-6-7-19-21(13-18)26-15-28(23(19)29)22-8-5-17(12-20(22)24)27-10-9-16(14-27)25-2/h5-8,12-13,15-16,20,22-23,25,29H,3-4,9-11,14H2,1-2H3/t16-,20?,22?,23?/m1/s1. The van der Waals surface area contributed by atoms with E-state index in [9.17, 15) is 5.11 Å². The molecule has 0 bridgehead atoms. The van der Waals surface area contributed by atoms with E-state index in [1.54, 1.807) is 11.0 Å². The van der Waals surface area contributed by atoms with Crippen LogP contribution >= 0.6 is 0 Å². The number of allylic oxidation sites excluding steroid dienone is 1.